The monoisotopic (exact) mass is 166 g/mol. The summed E-state index contributed by atoms with van der Waals surface area (Å²) in [5.74, 6) is -0.994. The van der Waals surface area contributed by atoms with Crippen LogP contribution in [0.3, 0.4) is 0 Å². The highest BCUT2D eigenvalue weighted by atomic mass is 16.5. The predicted molar refractivity (Wildman–Crippen MR) is 39.3 cm³/mol. The number of hydrogen-bond acceptors (Lipinski definition) is 4. The van der Waals surface area contributed by atoms with Crippen molar-refractivity contribution >= 4 is 17.9 Å². The number of hydrogen-bond donors (Lipinski definition) is 0. The van der Waals surface area contributed by atoms with Crippen LogP contribution in [0.4, 0.5) is 0 Å². The van der Waals surface area contributed by atoms with Gasteiger partial charge in [-0.05, 0) is 0 Å². The average Bonchev–Trinajstić information content (AvgIpc) is 2.08. The molecule has 4 heteroatoms. The van der Waals surface area contributed by atoms with Gasteiger partial charge in [-0.3, -0.25) is 14.4 Å². The lowest BCUT2D eigenvalue weighted by Gasteiger charge is -2.06. The van der Waals surface area contributed by atoms with E-state index in [2.05, 4.69) is 4.74 Å². The van der Waals surface area contributed by atoms with E-state index in [-0.39, 0.29) is 11.3 Å². The zero-order valence-corrected chi connectivity index (χ0v) is 6.37. The lowest BCUT2D eigenvalue weighted by atomic mass is 10.0. The van der Waals surface area contributed by atoms with E-state index in [1.807, 2.05) is 0 Å². The Morgan fingerprint density at radius 3 is 2.42 bits per heavy atom. The van der Waals surface area contributed by atoms with Crippen molar-refractivity contribution in [2.75, 3.05) is 7.11 Å². The van der Waals surface area contributed by atoms with Gasteiger partial charge in [-0.25, -0.2) is 0 Å². The Kier molecular flexibility index (Phi) is 2.19. The van der Waals surface area contributed by atoms with E-state index in [4.69, 9.17) is 0 Å². The van der Waals surface area contributed by atoms with Crippen molar-refractivity contribution in [3.05, 3.63) is 23.5 Å². The average molecular weight is 166 g/mol. The van der Waals surface area contributed by atoms with Crippen LogP contribution < -0.4 is 0 Å². The maximum absolute atomic E-state index is 11.0. The summed E-state index contributed by atoms with van der Waals surface area (Å²) in [6.07, 6.45) is 2.32. The molecule has 0 heterocycles. The summed E-state index contributed by atoms with van der Waals surface area (Å²) in [5.41, 5.74) is -0.138. The minimum Gasteiger partial charge on any atom is -0.493 e. The van der Waals surface area contributed by atoms with E-state index in [0.717, 1.165) is 12.2 Å². The Bertz CT molecular complexity index is 309. The first-order valence-electron chi connectivity index (χ1n) is 3.20. The van der Waals surface area contributed by atoms with Gasteiger partial charge in [-0.15, -0.1) is 0 Å². The minimum atomic E-state index is -0.499. The quantitative estimate of drug-likeness (QED) is 0.323. The second-order valence-electron chi connectivity index (χ2n) is 2.16. The largest absolute Gasteiger partial charge is 0.493 e. The van der Waals surface area contributed by atoms with Gasteiger partial charge in [0.1, 0.15) is 0 Å². The molecule has 1 aliphatic rings. The Morgan fingerprint density at radius 2 is 1.92 bits per heavy atom. The number of carbonyl (C=O) groups excluding carboxylic acids is 3. The lowest BCUT2D eigenvalue weighted by Crippen LogP contribution is -2.14. The Balaban J connectivity index is 3.02. The van der Waals surface area contributed by atoms with Crippen LogP contribution in [-0.2, 0) is 19.1 Å². The first-order valence-corrected chi connectivity index (χ1v) is 3.20. The van der Waals surface area contributed by atoms with Crippen LogP contribution in [0.2, 0.25) is 0 Å². The number of carbonyl (C=O) groups is 3. The van der Waals surface area contributed by atoms with E-state index in [9.17, 15) is 14.4 Å². The maximum atomic E-state index is 11.0. The predicted octanol–water partition coefficient (Wildman–Crippen LogP) is -0.206. The number of allylic oxidation sites excluding steroid dienone is 3. The molecule has 0 saturated heterocycles. The molecule has 0 radical (unpaired) electrons. The molecule has 0 saturated carbocycles. The van der Waals surface area contributed by atoms with Crippen LogP contribution >= 0.6 is 0 Å². The molecule has 1 rings (SSSR count). The third-order valence-corrected chi connectivity index (χ3v) is 1.42. The molecule has 0 aromatic carbocycles. The maximum Gasteiger partial charge on any atom is 0.221 e. The van der Waals surface area contributed by atoms with E-state index in [1.165, 1.54) is 7.11 Å². The van der Waals surface area contributed by atoms with E-state index in [0.29, 0.717) is 6.29 Å². The van der Waals surface area contributed by atoms with Gasteiger partial charge in [0.15, 0.2) is 17.8 Å². The Hall–Kier alpha value is -1.71. The molecule has 12 heavy (non-hydrogen) atoms. The summed E-state index contributed by atoms with van der Waals surface area (Å²) in [4.78, 5) is 32.1. The second-order valence-corrected chi connectivity index (χ2v) is 2.16. The topological polar surface area (TPSA) is 60.4 Å². The van der Waals surface area contributed by atoms with Crippen LogP contribution in [0.5, 0.6) is 0 Å². The van der Waals surface area contributed by atoms with Gasteiger partial charge < -0.3 is 4.74 Å². The van der Waals surface area contributed by atoms with Crippen molar-refractivity contribution in [3.63, 3.8) is 0 Å². The Morgan fingerprint density at radius 1 is 1.25 bits per heavy atom. The van der Waals surface area contributed by atoms with Gasteiger partial charge in [0.05, 0.1) is 12.7 Å². The molecule has 0 atom stereocenters. The highest BCUT2D eigenvalue weighted by Gasteiger charge is 2.19. The molecule has 1 aliphatic carbocycles. The fraction of sp³-hybridized carbons (Fsp3) is 0.125. The van der Waals surface area contributed by atoms with Crippen molar-refractivity contribution < 1.29 is 19.1 Å². The SMILES string of the molecule is COC1=CC(=O)C(C=O)=CC1=O. The first kappa shape index (κ1) is 8.39. The van der Waals surface area contributed by atoms with E-state index >= 15 is 0 Å². The fourth-order valence-corrected chi connectivity index (χ4v) is 0.809. The summed E-state index contributed by atoms with van der Waals surface area (Å²) in [7, 11) is 1.29. The van der Waals surface area contributed by atoms with Crippen LogP contribution in [0.15, 0.2) is 23.5 Å². The molecule has 0 bridgehead atoms. The number of aldehydes is 1. The van der Waals surface area contributed by atoms with Crippen LogP contribution in [0.25, 0.3) is 0 Å². The summed E-state index contributed by atoms with van der Waals surface area (Å²) in [5, 5.41) is 0. The van der Waals surface area contributed by atoms with Crippen LogP contribution in [-0.4, -0.2) is 25.0 Å². The van der Waals surface area contributed by atoms with Gasteiger partial charge in [0, 0.05) is 12.2 Å². The highest BCUT2D eigenvalue weighted by Crippen LogP contribution is 2.09. The number of methoxy groups -OCH3 is 1. The molecular weight excluding hydrogens is 160 g/mol. The molecule has 4 nitrogen and oxygen atoms in total. The number of ether oxygens (including phenoxy) is 1. The molecule has 0 spiro atoms. The van der Waals surface area contributed by atoms with E-state index in [1.54, 1.807) is 0 Å². The number of ketones is 2. The van der Waals surface area contributed by atoms with Gasteiger partial charge in [0.25, 0.3) is 0 Å². The minimum absolute atomic E-state index is 0.0365. The van der Waals surface area contributed by atoms with Crippen molar-refractivity contribution in [3.8, 4) is 0 Å². The zero-order chi connectivity index (χ0) is 9.14. The zero-order valence-electron chi connectivity index (χ0n) is 6.37. The first-order chi connectivity index (χ1) is 5.69. The van der Waals surface area contributed by atoms with Crippen molar-refractivity contribution in [1.29, 1.82) is 0 Å². The van der Waals surface area contributed by atoms with Crippen molar-refractivity contribution in [2.24, 2.45) is 0 Å². The second kappa shape index (κ2) is 3.13. The highest BCUT2D eigenvalue weighted by molar-refractivity contribution is 6.26. The molecule has 0 aromatic rings. The summed E-state index contributed by atoms with van der Waals surface area (Å²) < 4.78 is 4.60. The van der Waals surface area contributed by atoms with Crippen molar-refractivity contribution in [1.82, 2.24) is 0 Å². The van der Waals surface area contributed by atoms with Gasteiger partial charge in [-0.1, -0.05) is 0 Å². The van der Waals surface area contributed by atoms with Crippen LogP contribution in [0.1, 0.15) is 0 Å². The lowest BCUT2D eigenvalue weighted by molar-refractivity contribution is -0.118. The Labute approximate surface area is 68.5 Å². The summed E-state index contributed by atoms with van der Waals surface area (Å²) in [6, 6.07) is 0. The molecular formula is C8H6O4. The van der Waals surface area contributed by atoms with Crippen LogP contribution in [0, 0.1) is 0 Å². The normalized spacial score (nSPS) is 16.8. The van der Waals surface area contributed by atoms with Crippen molar-refractivity contribution in [2.45, 2.75) is 0 Å². The molecule has 0 N–H and O–H groups in total. The molecule has 0 fully saturated rings. The number of rotatable bonds is 2. The van der Waals surface area contributed by atoms with E-state index < -0.39 is 11.6 Å². The molecule has 0 aromatic heterocycles. The molecule has 0 amide bonds. The molecule has 0 unspecified atom stereocenters. The molecule has 0 aliphatic heterocycles. The standard InChI is InChI=1S/C8H6O4/c1-12-8-3-6(10)5(4-9)2-7(8)11/h2-4H,1H3. The third-order valence-electron chi connectivity index (χ3n) is 1.42. The summed E-state index contributed by atoms with van der Waals surface area (Å²) >= 11 is 0. The van der Waals surface area contributed by atoms with Gasteiger partial charge >= 0.3 is 0 Å². The molecule has 62 valence electrons. The third kappa shape index (κ3) is 1.32. The fourth-order valence-electron chi connectivity index (χ4n) is 0.809. The summed E-state index contributed by atoms with van der Waals surface area (Å²) in [6.45, 7) is 0. The smallest absolute Gasteiger partial charge is 0.221 e. The van der Waals surface area contributed by atoms with Gasteiger partial charge in [0.2, 0.25) is 5.78 Å². The van der Waals surface area contributed by atoms with Gasteiger partial charge in [-0.2, -0.15) is 0 Å².